The van der Waals surface area contributed by atoms with E-state index in [2.05, 4.69) is 24.3 Å². The molecule has 28 heavy (non-hydrogen) atoms. The standard InChI is InChI=1S/C24H19O3P/c1-2-3-16-28(25)26-21-14-12-17-8-4-6-10-19(17)23(21)24-20-11-7-5-9-18(20)13-15-22(24)27-28/h2-15H,16H2,1H3/b3-2+. The molecule has 0 unspecified atom stereocenters. The van der Waals surface area contributed by atoms with E-state index in [4.69, 9.17) is 9.05 Å². The molecule has 3 nitrogen and oxygen atoms in total. The van der Waals surface area contributed by atoms with E-state index in [1.54, 1.807) is 0 Å². The highest BCUT2D eigenvalue weighted by molar-refractivity contribution is 7.54. The second kappa shape index (κ2) is 6.54. The molecule has 0 spiro atoms. The third-order valence-corrected chi connectivity index (χ3v) is 6.68. The molecule has 0 amide bonds. The van der Waals surface area contributed by atoms with E-state index in [0.717, 1.165) is 32.7 Å². The zero-order chi connectivity index (χ0) is 19.1. The van der Waals surface area contributed by atoms with E-state index in [1.807, 2.05) is 67.6 Å². The van der Waals surface area contributed by atoms with Crippen molar-refractivity contribution >= 4 is 29.1 Å². The summed E-state index contributed by atoms with van der Waals surface area (Å²) >= 11 is 0. The maximum atomic E-state index is 13.5. The molecular formula is C24H19O3P. The number of allylic oxidation sites excluding steroid dienone is 2. The highest BCUT2D eigenvalue weighted by atomic mass is 31.2. The normalized spacial score (nSPS) is 14.9. The lowest BCUT2D eigenvalue weighted by atomic mass is 9.92. The van der Waals surface area contributed by atoms with Crippen LogP contribution in [0.25, 0.3) is 32.7 Å². The van der Waals surface area contributed by atoms with Crippen LogP contribution in [0.3, 0.4) is 0 Å². The molecule has 138 valence electrons. The van der Waals surface area contributed by atoms with Crippen LogP contribution in [0.5, 0.6) is 11.5 Å². The minimum atomic E-state index is -3.38. The Bertz CT molecular complexity index is 1200. The van der Waals surface area contributed by atoms with Crippen molar-refractivity contribution in [1.82, 2.24) is 0 Å². The van der Waals surface area contributed by atoms with Gasteiger partial charge in [0, 0.05) is 11.1 Å². The van der Waals surface area contributed by atoms with Crippen LogP contribution in [0.4, 0.5) is 0 Å². The first-order valence-corrected chi connectivity index (χ1v) is 11.0. The van der Waals surface area contributed by atoms with E-state index in [9.17, 15) is 4.57 Å². The zero-order valence-electron chi connectivity index (χ0n) is 15.5. The summed E-state index contributed by atoms with van der Waals surface area (Å²) in [7, 11) is -3.38. The Labute approximate surface area is 163 Å². The smallest absolute Gasteiger partial charge is 0.415 e. The Morgan fingerprint density at radius 1 is 0.750 bits per heavy atom. The SMILES string of the molecule is C/C=C/CP1(=O)Oc2ccc3ccccc3c2-c2c(ccc3ccccc23)O1. The quantitative estimate of drug-likeness (QED) is 0.270. The molecule has 0 saturated carbocycles. The van der Waals surface area contributed by atoms with Crippen LogP contribution in [0.15, 0.2) is 84.9 Å². The van der Waals surface area contributed by atoms with Crippen LogP contribution in [0.1, 0.15) is 6.92 Å². The molecule has 4 heteroatoms. The minimum absolute atomic E-state index is 0.224. The van der Waals surface area contributed by atoms with Crippen molar-refractivity contribution < 1.29 is 13.6 Å². The number of hydrogen-bond donors (Lipinski definition) is 0. The van der Waals surface area contributed by atoms with Gasteiger partial charge in [0.05, 0.1) is 6.16 Å². The van der Waals surface area contributed by atoms with E-state index in [0.29, 0.717) is 11.5 Å². The molecule has 0 N–H and O–H groups in total. The van der Waals surface area contributed by atoms with E-state index in [-0.39, 0.29) is 6.16 Å². The predicted octanol–water partition coefficient (Wildman–Crippen LogP) is 7.20. The van der Waals surface area contributed by atoms with E-state index >= 15 is 0 Å². The summed E-state index contributed by atoms with van der Waals surface area (Å²) in [6.07, 6.45) is 3.91. The lowest BCUT2D eigenvalue weighted by Crippen LogP contribution is -2.02. The van der Waals surface area contributed by atoms with Crippen molar-refractivity contribution in [3.05, 3.63) is 84.9 Å². The second-order valence-corrected chi connectivity index (χ2v) is 8.82. The molecule has 4 aromatic carbocycles. The lowest BCUT2D eigenvalue weighted by molar-refractivity contribution is 0.395. The maximum absolute atomic E-state index is 13.5. The van der Waals surface area contributed by atoms with Gasteiger partial charge in [-0.25, -0.2) is 4.57 Å². The van der Waals surface area contributed by atoms with Crippen LogP contribution in [0.2, 0.25) is 0 Å². The molecule has 0 fully saturated rings. The van der Waals surface area contributed by atoms with Gasteiger partial charge in [0.1, 0.15) is 11.5 Å². The van der Waals surface area contributed by atoms with Gasteiger partial charge in [-0.05, 0) is 40.6 Å². The minimum Gasteiger partial charge on any atom is -0.415 e. The average molecular weight is 386 g/mol. The Morgan fingerprint density at radius 2 is 1.25 bits per heavy atom. The highest BCUT2D eigenvalue weighted by Gasteiger charge is 2.34. The fraction of sp³-hybridized carbons (Fsp3) is 0.0833. The van der Waals surface area contributed by atoms with Gasteiger partial charge in [0.15, 0.2) is 0 Å². The molecular weight excluding hydrogens is 367 g/mol. The molecule has 0 saturated heterocycles. The third-order valence-electron chi connectivity index (χ3n) is 5.07. The van der Waals surface area contributed by atoms with Gasteiger partial charge in [-0.3, -0.25) is 0 Å². The Balaban J connectivity index is 1.91. The molecule has 0 bridgehead atoms. The van der Waals surface area contributed by atoms with Crippen molar-refractivity contribution in [3.63, 3.8) is 0 Å². The first-order valence-electron chi connectivity index (χ1n) is 9.32. The van der Waals surface area contributed by atoms with Gasteiger partial charge in [-0.1, -0.05) is 72.8 Å². The van der Waals surface area contributed by atoms with Gasteiger partial charge >= 0.3 is 7.60 Å². The number of hydrogen-bond acceptors (Lipinski definition) is 3. The molecule has 4 aromatic rings. The van der Waals surface area contributed by atoms with Crippen molar-refractivity contribution in [1.29, 1.82) is 0 Å². The monoisotopic (exact) mass is 386 g/mol. The topological polar surface area (TPSA) is 35.5 Å². The first kappa shape index (κ1) is 17.1. The molecule has 1 aliphatic rings. The van der Waals surface area contributed by atoms with Gasteiger partial charge in [0.25, 0.3) is 0 Å². The fourth-order valence-electron chi connectivity index (χ4n) is 3.80. The number of benzene rings is 4. The summed E-state index contributed by atoms with van der Waals surface area (Å²) in [5, 5.41) is 4.32. The summed E-state index contributed by atoms with van der Waals surface area (Å²) in [4.78, 5) is 0. The van der Waals surface area contributed by atoms with Gasteiger partial charge in [-0.15, -0.1) is 0 Å². The number of rotatable bonds is 2. The molecule has 1 heterocycles. The van der Waals surface area contributed by atoms with Crippen molar-refractivity contribution in [2.45, 2.75) is 6.92 Å². The van der Waals surface area contributed by atoms with Gasteiger partial charge in [0.2, 0.25) is 0 Å². The molecule has 1 aliphatic heterocycles. The van der Waals surface area contributed by atoms with Crippen molar-refractivity contribution in [2.75, 3.05) is 6.16 Å². The summed E-state index contributed by atoms with van der Waals surface area (Å²) in [5.74, 6) is 1.20. The van der Waals surface area contributed by atoms with Crippen molar-refractivity contribution in [2.24, 2.45) is 0 Å². The Kier molecular flexibility index (Phi) is 3.99. The fourth-order valence-corrected chi connectivity index (χ4v) is 5.36. The van der Waals surface area contributed by atoms with Crippen LogP contribution in [0, 0.1) is 0 Å². The Hall–Kier alpha value is -3.03. The molecule has 0 atom stereocenters. The Morgan fingerprint density at radius 3 is 1.75 bits per heavy atom. The zero-order valence-corrected chi connectivity index (χ0v) is 16.4. The summed E-state index contributed by atoms with van der Waals surface area (Å²) in [6, 6.07) is 24.2. The van der Waals surface area contributed by atoms with E-state index in [1.165, 1.54) is 0 Å². The molecule has 0 aliphatic carbocycles. The lowest BCUT2D eigenvalue weighted by Gasteiger charge is -2.17. The third kappa shape index (κ3) is 2.71. The average Bonchev–Trinajstić information content (AvgIpc) is 2.86. The van der Waals surface area contributed by atoms with Crippen LogP contribution < -0.4 is 9.05 Å². The van der Waals surface area contributed by atoms with Gasteiger partial charge in [-0.2, -0.15) is 0 Å². The highest BCUT2D eigenvalue weighted by Crippen LogP contribution is 2.58. The molecule has 0 aromatic heterocycles. The van der Waals surface area contributed by atoms with Crippen LogP contribution in [-0.4, -0.2) is 6.16 Å². The van der Waals surface area contributed by atoms with Crippen molar-refractivity contribution in [3.8, 4) is 22.6 Å². The van der Waals surface area contributed by atoms with Crippen LogP contribution >= 0.6 is 7.60 Å². The van der Waals surface area contributed by atoms with E-state index < -0.39 is 7.60 Å². The molecule has 0 radical (unpaired) electrons. The summed E-state index contributed by atoms with van der Waals surface area (Å²) < 4.78 is 25.7. The van der Waals surface area contributed by atoms with Crippen LogP contribution in [-0.2, 0) is 4.57 Å². The van der Waals surface area contributed by atoms with Gasteiger partial charge < -0.3 is 9.05 Å². The summed E-state index contributed by atoms with van der Waals surface area (Å²) in [5.41, 5.74) is 1.87. The summed E-state index contributed by atoms with van der Waals surface area (Å²) in [6.45, 7) is 1.90. The molecule has 5 rings (SSSR count). The first-order chi connectivity index (χ1) is 13.7. The number of fused-ring (bicyclic) bond motifs is 7. The largest absolute Gasteiger partial charge is 0.434 e. The predicted molar refractivity (Wildman–Crippen MR) is 115 cm³/mol. The second-order valence-electron chi connectivity index (χ2n) is 6.86. The maximum Gasteiger partial charge on any atom is 0.434 e.